The summed E-state index contributed by atoms with van der Waals surface area (Å²) in [6.45, 7) is 0.711. The summed E-state index contributed by atoms with van der Waals surface area (Å²) in [5, 5.41) is 10.00. The molecule has 0 saturated carbocycles. The number of hydrogen-bond donors (Lipinski definition) is 1. The van der Waals surface area contributed by atoms with E-state index in [-0.39, 0.29) is 17.5 Å². The van der Waals surface area contributed by atoms with Gasteiger partial charge in [0.15, 0.2) is 5.69 Å². The molecule has 3 aromatic rings. The Hall–Kier alpha value is -3.83. The van der Waals surface area contributed by atoms with Crippen LogP contribution in [0.1, 0.15) is 16.2 Å². The van der Waals surface area contributed by atoms with E-state index in [0.29, 0.717) is 24.5 Å². The predicted octanol–water partition coefficient (Wildman–Crippen LogP) is 2.20. The van der Waals surface area contributed by atoms with Crippen molar-refractivity contribution in [1.29, 1.82) is 0 Å². The minimum atomic E-state index is -4.54. The molecule has 0 aliphatic carbocycles. The number of carbonyl (C=O) groups excluding carboxylic acids is 1. The molecule has 0 aromatic carbocycles. The smallest absolute Gasteiger partial charge is 0.433 e. The fraction of sp³-hybridized carbons (Fsp3) is 0.222. The number of anilines is 2. The Morgan fingerprint density at radius 2 is 1.97 bits per heavy atom. The third kappa shape index (κ3) is 4.26. The SMILES string of the molecule is O=C(Nc1ccnnc1)c1ncncc1N1CC(Oc2ccnc(C(F)(F)F)c2)C1. The summed E-state index contributed by atoms with van der Waals surface area (Å²) < 4.78 is 43.9. The molecule has 4 rings (SSSR count). The zero-order valence-electron chi connectivity index (χ0n) is 15.2. The lowest BCUT2D eigenvalue weighted by atomic mass is 10.1. The van der Waals surface area contributed by atoms with Gasteiger partial charge >= 0.3 is 6.18 Å². The first-order chi connectivity index (χ1) is 14.4. The number of nitrogens with one attached hydrogen (secondary N) is 1. The van der Waals surface area contributed by atoms with E-state index < -0.39 is 17.8 Å². The van der Waals surface area contributed by atoms with Gasteiger partial charge in [-0.3, -0.25) is 9.78 Å². The van der Waals surface area contributed by atoms with Crippen LogP contribution in [0.25, 0.3) is 0 Å². The molecule has 0 radical (unpaired) electrons. The van der Waals surface area contributed by atoms with Gasteiger partial charge in [-0.25, -0.2) is 9.97 Å². The normalized spacial score (nSPS) is 14.2. The minimum Gasteiger partial charge on any atom is -0.487 e. The fourth-order valence-electron chi connectivity index (χ4n) is 2.82. The number of pyridine rings is 1. The van der Waals surface area contributed by atoms with Crippen molar-refractivity contribution in [3.8, 4) is 5.75 Å². The topological polar surface area (TPSA) is 106 Å². The van der Waals surface area contributed by atoms with Crippen molar-refractivity contribution in [2.75, 3.05) is 23.3 Å². The summed E-state index contributed by atoms with van der Waals surface area (Å²) in [5.74, 6) is -0.372. The van der Waals surface area contributed by atoms with Crippen LogP contribution in [0.3, 0.4) is 0 Å². The zero-order chi connectivity index (χ0) is 21.1. The highest BCUT2D eigenvalue weighted by Crippen LogP contribution is 2.31. The molecule has 1 N–H and O–H groups in total. The minimum absolute atomic E-state index is 0.0782. The number of nitrogens with zero attached hydrogens (tertiary/aromatic N) is 6. The Bertz CT molecular complexity index is 1040. The number of aromatic nitrogens is 5. The van der Waals surface area contributed by atoms with E-state index in [1.165, 1.54) is 31.0 Å². The van der Waals surface area contributed by atoms with Gasteiger partial charge in [-0.1, -0.05) is 0 Å². The van der Waals surface area contributed by atoms with Crippen LogP contribution in [0.5, 0.6) is 5.75 Å². The molecule has 12 heteroatoms. The number of hydrogen-bond acceptors (Lipinski definition) is 8. The number of rotatable bonds is 5. The predicted molar refractivity (Wildman–Crippen MR) is 97.9 cm³/mol. The molecule has 154 valence electrons. The van der Waals surface area contributed by atoms with Gasteiger partial charge in [0, 0.05) is 12.3 Å². The van der Waals surface area contributed by atoms with E-state index in [0.717, 1.165) is 12.3 Å². The zero-order valence-corrected chi connectivity index (χ0v) is 15.2. The summed E-state index contributed by atoms with van der Waals surface area (Å²) in [5.41, 5.74) is 0.0887. The monoisotopic (exact) mass is 417 g/mol. The standard InChI is InChI=1S/C18H14F3N7O2/c19-18(20,21)15-5-12(2-3-23-15)30-13-8-28(9-13)14-7-22-10-24-16(14)17(29)27-11-1-4-25-26-6-11/h1-7,10,13H,8-9H2,(H,25,27,29). The van der Waals surface area contributed by atoms with E-state index >= 15 is 0 Å². The first-order valence-electron chi connectivity index (χ1n) is 8.73. The van der Waals surface area contributed by atoms with Crippen LogP contribution >= 0.6 is 0 Å². The molecule has 9 nitrogen and oxygen atoms in total. The highest BCUT2D eigenvalue weighted by Gasteiger charge is 2.35. The Balaban J connectivity index is 1.41. The second-order valence-corrected chi connectivity index (χ2v) is 6.36. The van der Waals surface area contributed by atoms with Crippen LogP contribution in [-0.2, 0) is 6.18 Å². The first-order valence-corrected chi connectivity index (χ1v) is 8.73. The molecule has 1 fully saturated rings. The largest absolute Gasteiger partial charge is 0.487 e. The highest BCUT2D eigenvalue weighted by molar-refractivity contribution is 6.06. The second-order valence-electron chi connectivity index (χ2n) is 6.36. The molecular weight excluding hydrogens is 403 g/mol. The number of amides is 1. The average molecular weight is 417 g/mol. The fourth-order valence-corrected chi connectivity index (χ4v) is 2.82. The summed E-state index contributed by atoms with van der Waals surface area (Å²) in [6, 6.07) is 3.81. The first kappa shape index (κ1) is 19.5. The molecule has 0 atom stereocenters. The van der Waals surface area contributed by atoms with Crippen LogP contribution in [0, 0.1) is 0 Å². The van der Waals surface area contributed by atoms with Crippen molar-refractivity contribution >= 4 is 17.3 Å². The Morgan fingerprint density at radius 1 is 1.13 bits per heavy atom. The van der Waals surface area contributed by atoms with Crippen molar-refractivity contribution in [1.82, 2.24) is 25.1 Å². The molecule has 0 bridgehead atoms. The summed E-state index contributed by atoms with van der Waals surface area (Å²) in [4.78, 5) is 25.7. The van der Waals surface area contributed by atoms with Gasteiger partial charge in [0.25, 0.3) is 5.91 Å². The van der Waals surface area contributed by atoms with Gasteiger partial charge in [-0.2, -0.15) is 23.4 Å². The van der Waals surface area contributed by atoms with Crippen molar-refractivity contribution in [2.24, 2.45) is 0 Å². The molecule has 30 heavy (non-hydrogen) atoms. The average Bonchev–Trinajstić information content (AvgIpc) is 2.71. The third-order valence-electron chi connectivity index (χ3n) is 4.26. The quantitative estimate of drug-likeness (QED) is 0.674. The molecule has 4 heterocycles. The van der Waals surface area contributed by atoms with E-state index in [1.54, 1.807) is 11.0 Å². The summed E-state index contributed by atoms with van der Waals surface area (Å²) >= 11 is 0. The molecule has 1 saturated heterocycles. The van der Waals surface area contributed by atoms with Crippen LogP contribution < -0.4 is 15.0 Å². The van der Waals surface area contributed by atoms with E-state index in [4.69, 9.17) is 4.74 Å². The lowest BCUT2D eigenvalue weighted by molar-refractivity contribution is -0.141. The van der Waals surface area contributed by atoms with Gasteiger partial charge in [-0.15, -0.1) is 0 Å². The molecule has 1 aliphatic rings. The number of halogens is 3. The summed E-state index contributed by atoms with van der Waals surface area (Å²) in [6.07, 6.45) is 1.75. The number of ether oxygens (including phenoxy) is 1. The maximum Gasteiger partial charge on any atom is 0.433 e. The lowest BCUT2D eigenvalue weighted by Crippen LogP contribution is -2.54. The molecular formula is C18H14F3N7O2. The van der Waals surface area contributed by atoms with Gasteiger partial charge < -0.3 is 15.0 Å². The van der Waals surface area contributed by atoms with Crippen LogP contribution in [-0.4, -0.2) is 50.2 Å². The Labute approximate surface area is 168 Å². The molecule has 0 unspecified atom stereocenters. The van der Waals surface area contributed by atoms with Gasteiger partial charge in [0.1, 0.15) is 23.9 Å². The Kier molecular flexibility index (Phi) is 5.12. The third-order valence-corrected chi connectivity index (χ3v) is 4.26. The number of alkyl halides is 3. The maximum atomic E-state index is 12.8. The van der Waals surface area contributed by atoms with Gasteiger partial charge in [0.05, 0.1) is 43.1 Å². The van der Waals surface area contributed by atoms with Crippen molar-refractivity contribution in [3.05, 3.63) is 60.7 Å². The van der Waals surface area contributed by atoms with Crippen molar-refractivity contribution in [3.63, 3.8) is 0 Å². The van der Waals surface area contributed by atoms with Crippen LogP contribution in [0.2, 0.25) is 0 Å². The molecule has 1 amide bonds. The maximum absolute atomic E-state index is 12.8. The van der Waals surface area contributed by atoms with Gasteiger partial charge in [-0.05, 0) is 12.1 Å². The van der Waals surface area contributed by atoms with Crippen molar-refractivity contribution in [2.45, 2.75) is 12.3 Å². The lowest BCUT2D eigenvalue weighted by Gasteiger charge is -2.40. The van der Waals surface area contributed by atoms with E-state index in [1.807, 2.05) is 0 Å². The Morgan fingerprint density at radius 3 is 2.70 bits per heavy atom. The molecule has 1 aliphatic heterocycles. The number of carbonyl (C=O) groups is 1. The van der Waals surface area contributed by atoms with E-state index in [2.05, 4.69) is 30.5 Å². The molecule has 3 aromatic heterocycles. The van der Waals surface area contributed by atoms with Gasteiger partial charge in [0.2, 0.25) is 0 Å². The molecule has 0 spiro atoms. The summed E-state index contributed by atoms with van der Waals surface area (Å²) in [7, 11) is 0. The van der Waals surface area contributed by atoms with Crippen molar-refractivity contribution < 1.29 is 22.7 Å². The second kappa shape index (κ2) is 7.89. The van der Waals surface area contributed by atoms with Crippen LogP contribution in [0.4, 0.5) is 24.5 Å². The van der Waals surface area contributed by atoms with Crippen LogP contribution in [0.15, 0.2) is 49.3 Å². The highest BCUT2D eigenvalue weighted by atomic mass is 19.4. The van der Waals surface area contributed by atoms with E-state index in [9.17, 15) is 18.0 Å².